The molecule has 0 bridgehead atoms. The summed E-state index contributed by atoms with van der Waals surface area (Å²) in [5, 5.41) is 25.1. The first-order valence-corrected chi connectivity index (χ1v) is 7.87. The molecule has 0 aliphatic rings. The van der Waals surface area contributed by atoms with Crippen molar-refractivity contribution in [2.45, 2.75) is 13.0 Å². The van der Waals surface area contributed by atoms with Gasteiger partial charge < -0.3 is 20.8 Å². The molecule has 0 saturated carbocycles. The normalized spacial score (nSPS) is 11.8. The molecule has 1 aromatic carbocycles. The molecule has 7 heteroatoms. The number of aliphatic hydroxyl groups is 1. The molecule has 0 amide bonds. The number of hydrogen-bond donors (Lipinski definition) is 4. The van der Waals surface area contributed by atoms with Crippen LogP contribution in [0.15, 0.2) is 54.9 Å². The number of pyridine rings is 1. The Labute approximate surface area is 145 Å². The molecule has 2 heterocycles. The number of benzene rings is 1. The van der Waals surface area contributed by atoms with Crippen molar-refractivity contribution in [3.8, 4) is 17.0 Å². The second kappa shape index (κ2) is 7.59. The molecule has 0 radical (unpaired) electrons. The molecule has 0 aliphatic heterocycles. The van der Waals surface area contributed by atoms with E-state index in [1.54, 1.807) is 30.6 Å². The van der Waals surface area contributed by atoms with Crippen LogP contribution in [0.1, 0.15) is 6.92 Å². The Bertz CT molecular complexity index is 842. The monoisotopic (exact) mass is 337 g/mol. The summed E-state index contributed by atoms with van der Waals surface area (Å²) in [6, 6.07) is 12.1. The summed E-state index contributed by atoms with van der Waals surface area (Å²) in [5.41, 5.74) is 2.32. The van der Waals surface area contributed by atoms with Gasteiger partial charge in [-0.1, -0.05) is 6.07 Å². The van der Waals surface area contributed by atoms with Gasteiger partial charge in [-0.15, -0.1) is 0 Å². The van der Waals surface area contributed by atoms with Gasteiger partial charge in [0.25, 0.3) is 0 Å². The summed E-state index contributed by atoms with van der Waals surface area (Å²) < 4.78 is 0. The van der Waals surface area contributed by atoms with Crippen LogP contribution in [0.25, 0.3) is 11.3 Å². The number of nitrogens with one attached hydrogen (secondary N) is 2. The van der Waals surface area contributed by atoms with Gasteiger partial charge >= 0.3 is 0 Å². The molecule has 0 spiro atoms. The first-order valence-electron chi connectivity index (χ1n) is 7.87. The number of phenols is 1. The van der Waals surface area contributed by atoms with E-state index in [2.05, 4.69) is 25.6 Å². The summed E-state index contributed by atoms with van der Waals surface area (Å²) in [7, 11) is 0. The molecule has 3 aromatic rings. The summed E-state index contributed by atoms with van der Waals surface area (Å²) in [4.78, 5) is 12.9. The Morgan fingerprint density at radius 3 is 2.60 bits per heavy atom. The molecule has 2 aromatic heterocycles. The van der Waals surface area contributed by atoms with Crippen molar-refractivity contribution >= 4 is 17.5 Å². The number of anilines is 3. The summed E-state index contributed by atoms with van der Waals surface area (Å²) in [6.45, 7) is 1.81. The maximum atomic E-state index is 9.61. The van der Waals surface area contributed by atoms with Gasteiger partial charge in [-0.25, -0.2) is 4.98 Å². The third-order valence-electron chi connectivity index (χ3n) is 3.47. The number of aromatic nitrogens is 3. The molecule has 0 aliphatic carbocycles. The fourth-order valence-corrected chi connectivity index (χ4v) is 2.24. The smallest absolute Gasteiger partial charge is 0.225 e. The minimum atomic E-state index is -0.179. The Balaban J connectivity index is 1.97. The van der Waals surface area contributed by atoms with Gasteiger partial charge in [0.2, 0.25) is 5.95 Å². The van der Waals surface area contributed by atoms with E-state index in [0.29, 0.717) is 23.1 Å². The molecule has 3 rings (SSSR count). The molecule has 1 atom stereocenters. The molecular formula is C18H19N5O2. The van der Waals surface area contributed by atoms with Crippen molar-refractivity contribution in [1.29, 1.82) is 0 Å². The number of rotatable bonds is 6. The zero-order chi connectivity index (χ0) is 17.6. The van der Waals surface area contributed by atoms with Crippen LogP contribution in [0, 0.1) is 0 Å². The first-order chi connectivity index (χ1) is 12.1. The molecule has 25 heavy (non-hydrogen) atoms. The quantitative estimate of drug-likeness (QED) is 0.548. The highest BCUT2D eigenvalue weighted by atomic mass is 16.3. The third-order valence-corrected chi connectivity index (χ3v) is 3.47. The van der Waals surface area contributed by atoms with Crippen molar-refractivity contribution in [2.24, 2.45) is 0 Å². The van der Waals surface area contributed by atoms with Crippen LogP contribution in [0.5, 0.6) is 5.75 Å². The van der Waals surface area contributed by atoms with E-state index < -0.39 is 0 Å². The lowest BCUT2D eigenvalue weighted by molar-refractivity contribution is 0.281. The predicted molar refractivity (Wildman–Crippen MR) is 96.8 cm³/mol. The van der Waals surface area contributed by atoms with E-state index in [9.17, 15) is 10.2 Å². The van der Waals surface area contributed by atoms with Crippen LogP contribution in [-0.2, 0) is 0 Å². The van der Waals surface area contributed by atoms with E-state index in [0.717, 1.165) is 5.56 Å². The lowest BCUT2D eigenvalue weighted by Crippen LogP contribution is -2.21. The molecule has 0 unspecified atom stereocenters. The average molecular weight is 337 g/mol. The Morgan fingerprint density at radius 1 is 1.08 bits per heavy atom. The Morgan fingerprint density at radius 2 is 1.88 bits per heavy atom. The summed E-state index contributed by atoms with van der Waals surface area (Å²) >= 11 is 0. The Kier molecular flexibility index (Phi) is 5.06. The largest absolute Gasteiger partial charge is 0.508 e. The number of aromatic hydroxyl groups is 1. The minimum absolute atomic E-state index is 0.0296. The van der Waals surface area contributed by atoms with E-state index in [1.807, 2.05) is 31.2 Å². The van der Waals surface area contributed by atoms with E-state index in [1.165, 1.54) is 0 Å². The highest BCUT2D eigenvalue weighted by molar-refractivity contribution is 5.67. The van der Waals surface area contributed by atoms with Crippen molar-refractivity contribution in [3.05, 3.63) is 54.9 Å². The van der Waals surface area contributed by atoms with Crippen LogP contribution in [0.3, 0.4) is 0 Å². The van der Waals surface area contributed by atoms with Gasteiger partial charge in [-0.05, 0) is 31.2 Å². The van der Waals surface area contributed by atoms with E-state index >= 15 is 0 Å². The summed E-state index contributed by atoms with van der Waals surface area (Å²) in [6.07, 6.45) is 3.40. The number of hydrogen-bond acceptors (Lipinski definition) is 7. The fourth-order valence-electron chi connectivity index (χ4n) is 2.24. The second-order valence-corrected chi connectivity index (χ2v) is 5.60. The van der Waals surface area contributed by atoms with Crippen molar-refractivity contribution < 1.29 is 10.2 Å². The van der Waals surface area contributed by atoms with Crippen molar-refractivity contribution in [2.75, 3.05) is 17.2 Å². The van der Waals surface area contributed by atoms with Gasteiger partial charge in [0.1, 0.15) is 11.6 Å². The lowest BCUT2D eigenvalue weighted by Gasteiger charge is -2.14. The standard InChI is InChI=1S/C18H19N5O2/c1-12(11-24)20-18-22-16(13-5-7-19-8-6-13)10-17(23-18)21-14-3-2-4-15(25)9-14/h2-10,12,24-25H,11H2,1H3,(H2,20,21,22,23)/t12-/m0/s1. The van der Waals surface area contributed by atoms with E-state index in [-0.39, 0.29) is 18.4 Å². The number of aliphatic hydroxyl groups excluding tert-OH is 1. The van der Waals surface area contributed by atoms with Gasteiger partial charge in [-0.3, -0.25) is 4.98 Å². The first kappa shape index (κ1) is 16.7. The van der Waals surface area contributed by atoms with Gasteiger partial charge in [0.15, 0.2) is 0 Å². The third kappa shape index (κ3) is 4.42. The Hall–Kier alpha value is -3.19. The predicted octanol–water partition coefficient (Wildman–Crippen LogP) is 2.78. The second-order valence-electron chi connectivity index (χ2n) is 5.60. The maximum absolute atomic E-state index is 9.61. The van der Waals surface area contributed by atoms with Crippen LogP contribution in [0.4, 0.5) is 17.5 Å². The fraction of sp³-hybridized carbons (Fsp3) is 0.167. The van der Waals surface area contributed by atoms with Crippen LogP contribution >= 0.6 is 0 Å². The van der Waals surface area contributed by atoms with Crippen molar-refractivity contribution in [1.82, 2.24) is 15.0 Å². The minimum Gasteiger partial charge on any atom is -0.508 e. The molecule has 0 saturated heterocycles. The summed E-state index contributed by atoms with van der Waals surface area (Å²) in [5.74, 6) is 1.14. The number of phenolic OH excluding ortho intramolecular Hbond substituents is 1. The highest BCUT2D eigenvalue weighted by Crippen LogP contribution is 2.24. The lowest BCUT2D eigenvalue weighted by atomic mass is 10.2. The SMILES string of the molecule is C[C@@H](CO)Nc1nc(Nc2cccc(O)c2)cc(-c2ccncc2)n1. The van der Waals surface area contributed by atoms with Crippen LogP contribution in [-0.4, -0.2) is 37.8 Å². The average Bonchev–Trinajstić information content (AvgIpc) is 2.62. The number of nitrogens with zero attached hydrogens (tertiary/aromatic N) is 3. The maximum Gasteiger partial charge on any atom is 0.225 e. The van der Waals surface area contributed by atoms with Crippen LogP contribution in [0.2, 0.25) is 0 Å². The van der Waals surface area contributed by atoms with Gasteiger partial charge in [0, 0.05) is 41.8 Å². The zero-order valence-corrected chi connectivity index (χ0v) is 13.7. The highest BCUT2D eigenvalue weighted by Gasteiger charge is 2.09. The van der Waals surface area contributed by atoms with Crippen molar-refractivity contribution in [3.63, 3.8) is 0 Å². The molecule has 4 N–H and O–H groups in total. The van der Waals surface area contributed by atoms with Gasteiger partial charge in [0.05, 0.1) is 12.3 Å². The molecular weight excluding hydrogens is 318 g/mol. The van der Waals surface area contributed by atoms with E-state index in [4.69, 9.17) is 0 Å². The van der Waals surface area contributed by atoms with Gasteiger partial charge in [-0.2, -0.15) is 4.98 Å². The van der Waals surface area contributed by atoms with Crippen LogP contribution < -0.4 is 10.6 Å². The molecule has 7 nitrogen and oxygen atoms in total. The zero-order valence-electron chi connectivity index (χ0n) is 13.7. The molecule has 0 fully saturated rings. The topological polar surface area (TPSA) is 103 Å². The molecule has 128 valence electrons.